The Morgan fingerprint density at radius 3 is 2.08 bits per heavy atom. The van der Waals surface area contributed by atoms with E-state index in [0.29, 0.717) is 16.8 Å². The Morgan fingerprint density at radius 2 is 1.62 bits per heavy atom. The first kappa shape index (κ1) is 18.2. The third kappa shape index (κ3) is 2.70. The molecular formula is C22H26N2O2. The first-order valence-electron chi connectivity index (χ1n) is 9.28. The van der Waals surface area contributed by atoms with Crippen molar-refractivity contribution in [1.82, 2.24) is 0 Å². The fourth-order valence-electron chi connectivity index (χ4n) is 3.82. The van der Waals surface area contributed by atoms with Crippen molar-refractivity contribution in [3.05, 3.63) is 58.0 Å². The van der Waals surface area contributed by atoms with Gasteiger partial charge in [0.1, 0.15) is 5.76 Å². The summed E-state index contributed by atoms with van der Waals surface area (Å²) in [6, 6.07) is 7.81. The summed E-state index contributed by atoms with van der Waals surface area (Å²) >= 11 is 0. The van der Waals surface area contributed by atoms with Crippen LogP contribution in [0.4, 0.5) is 5.69 Å². The van der Waals surface area contributed by atoms with E-state index in [-0.39, 0.29) is 11.5 Å². The van der Waals surface area contributed by atoms with Gasteiger partial charge >= 0.3 is 0 Å². The lowest BCUT2D eigenvalue weighted by Crippen LogP contribution is -2.23. The Morgan fingerprint density at radius 1 is 1.00 bits per heavy atom. The number of anilines is 1. The highest BCUT2D eigenvalue weighted by atomic mass is 16.3. The molecule has 4 nitrogen and oxygen atoms in total. The molecule has 0 unspecified atom stereocenters. The number of aliphatic hydroxyl groups is 1. The van der Waals surface area contributed by atoms with Crippen LogP contribution in [0.2, 0.25) is 0 Å². The van der Waals surface area contributed by atoms with Crippen molar-refractivity contribution in [2.24, 2.45) is 4.99 Å². The van der Waals surface area contributed by atoms with Gasteiger partial charge in [-0.1, -0.05) is 19.1 Å². The van der Waals surface area contributed by atoms with Crippen molar-refractivity contribution in [1.29, 1.82) is 0 Å². The van der Waals surface area contributed by atoms with Crippen molar-refractivity contribution in [3.8, 4) is 0 Å². The predicted molar refractivity (Wildman–Crippen MR) is 108 cm³/mol. The molecule has 0 bridgehead atoms. The molecule has 1 N–H and O–H groups in total. The number of Topliss-reactive ketones (excluding diaryl/α,β-unsaturated/α-hetero) is 1. The molecule has 0 amide bonds. The molecule has 4 heteroatoms. The van der Waals surface area contributed by atoms with Gasteiger partial charge in [-0.25, -0.2) is 0 Å². The zero-order valence-corrected chi connectivity index (χ0v) is 16.2. The number of ketones is 1. The molecule has 2 aliphatic rings. The molecule has 1 aromatic rings. The molecule has 0 saturated heterocycles. The summed E-state index contributed by atoms with van der Waals surface area (Å²) in [6.07, 6.45) is 0.871. The van der Waals surface area contributed by atoms with Crippen LogP contribution in [0, 0.1) is 0 Å². The highest BCUT2D eigenvalue weighted by molar-refractivity contribution is 6.39. The van der Waals surface area contributed by atoms with E-state index in [1.807, 2.05) is 38.1 Å². The minimum atomic E-state index is -0.124. The van der Waals surface area contributed by atoms with Crippen molar-refractivity contribution in [2.45, 2.75) is 41.0 Å². The van der Waals surface area contributed by atoms with Gasteiger partial charge in [0.15, 0.2) is 0 Å². The Bertz CT molecular complexity index is 879. The van der Waals surface area contributed by atoms with Gasteiger partial charge in [0.05, 0.1) is 16.8 Å². The molecule has 0 saturated carbocycles. The van der Waals surface area contributed by atoms with Gasteiger partial charge in [0, 0.05) is 24.5 Å². The molecule has 1 aliphatic carbocycles. The maximum atomic E-state index is 12.8. The number of hydrogen-bond donors (Lipinski definition) is 1. The highest BCUT2D eigenvalue weighted by Gasteiger charge is 2.39. The first-order valence-corrected chi connectivity index (χ1v) is 9.28. The molecule has 0 aromatic heterocycles. The Hall–Kier alpha value is -2.62. The third-order valence-electron chi connectivity index (χ3n) is 5.33. The van der Waals surface area contributed by atoms with E-state index in [1.165, 1.54) is 0 Å². The van der Waals surface area contributed by atoms with E-state index in [1.54, 1.807) is 0 Å². The summed E-state index contributed by atoms with van der Waals surface area (Å²) in [7, 11) is 0. The van der Waals surface area contributed by atoms with Crippen LogP contribution < -0.4 is 4.90 Å². The molecule has 26 heavy (non-hydrogen) atoms. The number of benzene rings is 1. The van der Waals surface area contributed by atoms with Crippen molar-refractivity contribution >= 4 is 22.8 Å². The van der Waals surface area contributed by atoms with E-state index < -0.39 is 0 Å². The Labute approximate surface area is 155 Å². The van der Waals surface area contributed by atoms with Crippen LogP contribution in [0.5, 0.6) is 0 Å². The maximum Gasteiger partial charge on any atom is 0.203 e. The fraction of sp³-hybridized carbons (Fsp3) is 0.364. The molecule has 0 atom stereocenters. The lowest BCUT2D eigenvalue weighted by Gasteiger charge is -2.24. The Balaban J connectivity index is 1.98. The minimum absolute atomic E-state index is 0.0637. The average molecular weight is 350 g/mol. The number of aliphatic imine (C=N–C) groups is 1. The summed E-state index contributed by atoms with van der Waals surface area (Å²) in [5.74, 6) is -0.0600. The molecule has 0 spiro atoms. The molecule has 1 aliphatic heterocycles. The lowest BCUT2D eigenvalue weighted by atomic mass is 9.81. The third-order valence-corrected chi connectivity index (χ3v) is 5.33. The first-order chi connectivity index (χ1) is 12.4. The van der Waals surface area contributed by atoms with Gasteiger partial charge in [0.2, 0.25) is 5.78 Å². The molecule has 0 fully saturated rings. The van der Waals surface area contributed by atoms with Crippen molar-refractivity contribution in [3.63, 3.8) is 0 Å². The monoisotopic (exact) mass is 350 g/mol. The SMILES string of the molecule is CCC1=C(C)C(=C2C(=O)C(c3ccc(N(CC)CC)cc3)=C2O)N=C1C. The average Bonchev–Trinajstić information content (AvgIpc) is 2.91. The van der Waals surface area contributed by atoms with Gasteiger partial charge in [-0.2, -0.15) is 0 Å². The quantitative estimate of drug-likeness (QED) is 0.773. The number of carbonyl (C=O) groups is 1. The van der Waals surface area contributed by atoms with E-state index in [2.05, 4.69) is 30.7 Å². The summed E-state index contributed by atoms with van der Waals surface area (Å²) in [6.45, 7) is 12.1. The predicted octanol–water partition coefficient (Wildman–Crippen LogP) is 4.84. The summed E-state index contributed by atoms with van der Waals surface area (Å²) < 4.78 is 0. The zero-order valence-electron chi connectivity index (χ0n) is 16.2. The maximum absolute atomic E-state index is 12.8. The summed E-state index contributed by atoms with van der Waals surface area (Å²) in [5, 5.41) is 10.6. The van der Waals surface area contributed by atoms with E-state index in [0.717, 1.165) is 47.6 Å². The zero-order chi connectivity index (χ0) is 19.0. The van der Waals surface area contributed by atoms with Gasteiger partial charge in [-0.15, -0.1) is 0 Å². The van der Waals surface area contributed by atoms with E-state index in [9.17, 15) is 9.90 Å². The van der Waals surface area contributed by atoms with E-state index in [4.69, 9.17) is 0 Å². The number of hydrogen-bond acceptors (Lipinski definition) is 4. The smallest absolute Gasteiger partial charge is 0.203 e. The topological polar surface area (TPSA) is 52.9 Å². The van der Waals surface area contributed by atoms with Crippen molar-refractivity contribution in [2.75, 3.05) is 18.0 Å². The Kier molecular flexibility index (Phi) is 4.86. The highest BCUT2D eigenvalue weighted by Crippen LogP contribution is 2.42. The number of aliphatic hydroxyl groups excluding tert-OH is 1. The molecule has 3 rings (SSSR count). The number of rotatable bonds is 5. The van der Waals surface area contributed by atoms with Crippen LogP contribution in [-0.4, -0.2) is 29.7 Å². The van der Waals surface area contributed by atoms with Crippen LogP contribution in [-0.2, 0) is 4.79 Å². The second kappa shape index (κ2) is 6.94. The fourth-order valence-corrected chi connectivity index (χ4v) is 3.82. The molecular weight excluding hydrogens is 324 g/mol. The molecule has 0 radical (unpaired) electrons. The lowest BCUT2D eigenvalue weighted by molar-refractivity contribution is -0.111. The van der Waals surface area contributed by atoms with Crippen molar-refractivity contribution < 1.29 is 9.90 Å². The number of carbonyl (C=O) groups excluding carboxylic acids is 1. The second-order valence-electron chi connectivity index (χ2n) is 6.65. The molecule has 1 aromatic carbocycles. The van der Waals surface area contributed by atoms with Crippen LogP contribution >= 0.6 is 0 Å². The molecule has 136 valence electrons. The van der Waals surface area contributed by atoms with Crippen LogP contribution in [0.1, 0.15) is 46.6 Å². The normalized spacial score (nSPS) is 19.9. The summed E-state index contributed by atoms with van der Waals surface area (Å²) in [4.78, 5) is 19.5. The van der Waals surface area contributed by atoms with Gasteiger partial charge < -0.3 is 10.0 Å². The largest absolute Gasteiger partial charge is 0.506 e. The van der Waals surface area contributed by atoms with Crippen LogP contribution in [0.3, 0.4) is 0 Å². The molecule has 1 heterocycles. The van der Waals surface area contributed by atoms with Gasteiger partial charge in [-0.05, 0) is 63.0 Å². The second-order valence-corrected chi connectivity index (χ2v) is 6.65. The van der Waals surface area contributed by atoms with E-state index >= 15 is 0 Å². The minimum Gasteiger partial charge on any atom is -0.506 e. The van der Waals surface area contributed by atoms with Gasteiger partial charge in [0.25, 0.3) is 0 Å². The number of nitrogens with zero attached hydrogens (tertiary/aromatic N) is 2. The standard InChI is InChI=1S/C22H26N2O2/c1-6-17-13(4)20(23-14(17)5)19-21(25)18(22(19)26)15-9-11-16(12-10-15)24(7-2)8-3/h9-12,25H,6-8H2,1-5H3. The van der Waals surface area contributed by atoms with Crippen LogP contribution in [0.25, 0.3) is 5.57 Å². The van der Waals surface area contributed by atoms with Gasteiger partial charge in [-0.3, -0.25) is 9.79 Å². The van der Waals surface area contributed by atoms with Crippen LogP contribution in [0.15, 0.2) is 57.4 Å². The summed E-state index contributed by atoms with van der Waals surface area (Å²) in [5.41, 5.74) is 6.34. The number of allylic oxidation sites excluding steroid dienone is 4.